The van der Waals surface area contributed by atoms with Crippen LogP contribution in [0.5, 0.6) is 11.8 Å². The molecule has 0 aromatic carbocycles. The van der Waals surface area contributed by atoms with Crippen molar-refractivity contribution < 1.29 is 19.5 Å². The minimum absolute atomic E-state index is 0.371. The van der Waals surface area contributed by atoms with Crippen LogP contribution < -0.4 is 26.4 Å². The van der Waals surface area contributed by atoms with Gasteiger partial charge in [-0.25, -0.2) is 19.9 Å². The molecule has 14 heteroatoms. The van der Waals surface area contributed by atoms with Gasteiger partial charge in [0, 0.05) is 48.2 Å². The van der Waals surface area contributed by atoms with Gasteiger partial charge in [-0.15, -0.1) is 0 Å². The van der Waals surface area contributed by atoms with Gasteiger partial charge in [0.15, 0.2) is 0 Å². The molecule has 4 rings (SSSR count). The average Bonchev–Trinajstić information content (AvgIpc) is 2.87. The molecule has 0 bridgehead atoms. The lowest BCUT2D eigenvalue weighted by molar-refractivity contribution is 0.396. The van der Waals surface area contributed by atoms with Gasteiger partial charge in [-0.2, -0.15) is 0 Å². The molecule has 0 atom stereocenters. The van der Waals surface area contributed by atoms with Crippen LogP contribution in [0.25, 0.3) is 11.1 Å². The Morgan fingerprint density at radius 2 is 1.36 bits per heavy atom. The van der Waals surface area contributed by atoms with E-state index in [1.54, 1.807) is 43.9 Å². The normalized spacial score (nSPS) is 9.75. The number of nitrogens with two attached hydrogens (primary N) is 2. The van der Waals surface area contributed by atoms with E-state index in [0.29, 0.717) is 38.9 Å². The zero-order valence-corrected chi connectivity index (χ0v) is 22.2. The quantitative estimate of drug-likeness (QED) is 0.203. The monoisotopic (exact) mass is 594 g/mol. The van der Waals surface area contributed by atoms with E-state index in [1.807, 2.05) is 6.07 Å². The van der Waals surface area contributed by atoms with Crippen molar-refractivity contribution in [1.29, 1.82) is 0 Å². The van der Waals surface area contributed by atoms with E-state index >= 15 is 0 Å². The molecule has 6 N–H and O–H groups in total. The molecule has 0 unspecified atom stereocenters. The van der Waals surface area contributed by atoms with E-state index in [-0.39, 0.29) is 0 Å². The summed E-state index contributed by atoms with van der Waals surface area (Å²) in [7, 11) is 1.57. The van der Waals surface area contributed by atoms with Gasteiger partial charge in [0.1, 0.15) is 10.3 Å². The molecule has 0 aliphatic rings. The lowest BCUT2D eigenvalue weighted by Crippen LogP contribution is -2.29. The zero-order chi connectivity index (χ0) is 26.7. The van der Waals surface area contributed by atoms with Crippen molar-refractivity contribution >= 4 is 63.1 Å². The number of pyridine rings is 4. The van der Waals surface area contributed by atoms with Gasteiger partial charge in [-0.05, 0) is 51.2 Å². The molecule has 0 fully saturated rings. The SMILES string of the molecule is COc1cc(-c2cnc(Cl)cc2N)ccn1.COc1cc(B(O)O)ccn1.Nc1cc(Cl)ncc1Br. The number of ether oxygens (including phenoxy) is 2. The predicted octanol–water partition coefficient (Wildman–Crippen LogP) is 3.24. The smallest absolute Gasteiger partial charge is 0.481 e. The van der Waals surface area contributed by atoms with Crippen LogP contribution in [-0.2, 0) is 0 Å². The van der Waals surface area contributed by atoms with Gasteiger partial charge >= 0.3 is 7.12 Å². The molecule has 4 aromatic heterocycles. The Balaban J connectivity index is 0.000000200. The highest BCUT2D eigenvalue weighted by Gasteiger charge is 2.11. The van der Waals surface area contributed by atoms with Crippen LogP contribution in [0.3, 0.4) is 0 Å². The summed E-state index contributed by atoms with van der Waals surface area (Å²) in [6, 6.07) is 9.80. The number of anilines is 2. The second kappa shape index (κ2) is 14.4. The molecule has 0 aliphatic heterocycles. The summed E-state index contributed by atoms with van der Waals surface area (Å²) in [5.74, 6) is 0.905. The maximum atomic E-state index is 8.72. The number of hydrogen-bond acceptors (Lipinski definition) is 10. The van der Waals surface area contributed by atoms with Gasteiger partial charge in [-0.3, -0.25) is 0 Å². The van der Waals surface area contributed by atoms with Crippen molar-refractivity contribution in [2.45, 2.75) is 0 Å². The van der Waals surface area contributed by atoms with Gasteiger partial charge in [0.25, 0.3) is 0 Å². The highest BCUT2D eigenvalue weighted by atomic mass is 79.9. The summed E-state index contributed by atoms with van der Waals surface area (Å²) in [4.78, 5) is 15.6. The Hall–Kier alpha value is -3.16. The third kappa shape index (κ3) is 9.13. The van der Waals surface area contributed by atoms with E-state index in [9.17, 15) is 0 Å². The van der Waals surface area contributed by atoms with Gasteiger partial charge in [-0.1, -0.05) is 23.2 Å². The van der Waals surface area contributed by atoms with Crippen molar-refractivity contribution in [2.75, 3.05) is 25.7 Å². The largest absolute Gasteiger partial charge is 0.488 e. The van der Waals surface area contributed by atoms with Crippen molar-refractivity contribution in [1.82, 2.24) is 19.9 Å². The molecule has 0 aliphatic carbocycles. The van der Waals surface area contributed by atoms with Crippen molar-refractivity contribution in [3.63, 3.8) is 0 Å². The first-order valence-electron chi connectivity index (χ1n) is 9.98. The number of rotatable bonds is 4. The molecule has 0 spiro atoms. The first-order chi connectivity index (χ1) is 17.1. The van der Waals surface area contributed by atoms with Crippen LogP contribution in [0.15, 0.2) is 65.7 Å². The first-order valence-corrected chi connectivity index (χ1v) is 11.5. The Labute approximate surface area is 226 Å². The fourth-order valence-electron chi connectivity index (χ4n) is 2.50. The van der Waals surface area contributed by atoms with Gasteiger partial charge in [0.05, 0.1) is 24.4 Å². The number of nitrogens with zero attached hydrogens (tertiary/aromatic N) is 4. The first kappa shape index (κ1) is 29.1. The van der Waals surface area contributed by atoms with Crippen LogP contribution in [0.1, 0.15) is 0 Å². The number of aromatic nitrogens is 4. The minimum atomic E-state index is -1.47. The molecule has 10 nitrogen and oxygen atoms in total. The van der Waals surface area contributed by atoms with Gasteiger partial charge in [0.2, 0.25) is 11.8 Å². The molecule has 0 saturated carbocycles. The average molecular weight is 596 g/mol. The Morgan fingerprint density at radius 3 is 1.89 bits per heavy atom. The molecule has 0 amide bonds. The van der Waals surface area contributed by atoms with E-state index < -0.39 is 7.12 Å². The van der Waals surface area contributed by atoms with Crippen molar-refractivity contribution in [3.8, 4) is 22.9 Å². The molecule has 0 saturated heterocycles. The number of methoxy groups -OCH3 is 2. The second-order valence-corrected chi connectivity index (χ2v) is 8.34. The number of halogens is 3. The van der Waals surface area contributed by atoms with Crippen LogP contribution in [0.4, 0.5) is 11.4 Å². The predicted molar refractivity (Wildman–Crippen MR) is 145 cm³/mol. The lowest BCUT2D eigenvalue weighted by atomic mass is 9.81. The number of nitrogen functional groups attached to an aromatic ring is 2. The topological polar surface area (TPSA) is 163 Å². The summed E-state index contributed by atoms with van der Waals surface area (Å²) in [6.45, 7) is 0. The standard InChI is InChI=1S/C11H10ClN3O.C6H8BNO3.C5H4BrClN2/c1-16-11-4-7(2-3-14-11)8-6-15-10(12)5-9(8)13;1-11-6-4-5(7(9)10)2-3-8-6;6-3-2-9-5(7)1-4(3)8/h2-6H,1H3,(H2,13,15);2-4,9-10H,1H3;1-2H,(H2,8,9). The van der Waals surface area contributed by atoms with Gasteiger partial charge < -0.3 is 31.0 Å². The summed E-state index contributed by atoms with van der Waals surface area (Å²) in [5.41, 5.74) is 14.6. The van der Waals surface area contributed by atoms with E-state index in [2.05, 4.69) is 35.9 Å². The van der Waals surface area contributed by atoms with E-state index in [4.69, 9.17) is 54.2 Å². The molecule has 4 heterocycles. The Morgan fingerprint density at radius 1 is 0.806 bits per heavy atom. The Bertz CT molecular complexity index is 1290. The van der Waals surface area contributed by atoms with Crippen LogP contribution >= 0.6 is 39.1 Å². The van der Waals surface area contributed by atoms with Crippen LogP contribution in [-0.4, -0.2) is 51.3 Å². The van der Waals surface area contributed by atoms with Crippen molar-refractivity contribution in [2.24, 2.45) is 0 Å². The summed E-state index contributed by atoms with van der Waals surface area (Å²) in [5, 5.41) is 18.2. The molecule has 4 aromatic rings. The number of hydrogen-bond donors (Lipinski definition) is 4. The minimum Gasteiger partial charge on any atom is -0.481 e. The Kier molecular flexibility index (Phi) is 11.6. The maximum Gasteiger partial charge on any atom is 0.488 e. The zero-order valence-electron chi connectivity index (χ0n) is 19.1. The molecular formula is C22H22BBrCl2N6O4. The molecule has 36 heavy (non-hydrogen) atoms. The molecule has 0 radical (unpaired) electrons. The van der Waals surface area contributed by atoms with Crippen molar-refractivity contribution in [3.05, 3.63) is 76.0 Å². The summed E-state index contributed by atoms with van der Waals surface area (Å²) < 4.78 is 10.6. The van der Waals surface area contributed by atoms with E-state index in [0.717, 1.165) is 15.6 Å². The molecular weight excluding hydrogens is 574 g/mol. The third-order valence-electron chi connectivity index (χ3n) is 4.28. The fourth-order valence-corrected chi connectivity index (χ4v) is 3.05. The highest BCUT2D eigenvalue weighted by Crippen LogP contribution is 2.28. The maximum absolute atomic E-state index is 8.72. The second-order valence-electron chi connectivity index (χ2n) is 6.71. The summed E-state index contributed by atoms with van der Waals surface area (Å²) >= 11 is 14.4. The van der Waals surface area contributed by atoms with Crippen LogP contribution in [0.2, 0.25) is 10.3 Å². The van der Waals surface area contributed by atoms with E-state index in [1.165, 1.54) is 25.4 Å². The summed E-state index contributed by atoms with van der Waals surface area (Å²) in [6.07, 6.45) is 6.31. The lowest BCUT2D eigenvalue weighted by Gasteiger charge is -2.06. The third-order valence-corrected chi connectivity index (χ3v) is 5.35. The fraction of sp³-hybridized carbons (Fsp3) is 0.0909. The van der Waals surface area contributed by atoms with Crippen LogP contribution in [0, 0.1) is 0 Å². The highest BCUT2D eigenvalue weighted by molar-refractivity contribution is 9.10. The molecule has 188 valence electrons.